The minimum absolute atomic E-state index is 0.0612. The smallest absolute Gasteiger partial charge is 0.354 e. The number of ether oxygens (including phenoxy) is 1. The van der Waals surface area contributed by atoms with Gasteiger partial charge in [0.05, 0.1) is 6.61 Å². The van der Waals surface area contributed by atoms with Crippen molar-refractivity contribution in [3.05, 3.63) is 23.3 Å². The number of aryl methyl sites for hydroxylation is 1. The van der Waals surface area contributed by atoms with Crippen molar-refractivity contribution in [1.82, 2.24) is 9.97 Å². The van der Waals surface area contributed by atoms with E-state index in [1.165, 1.54) is 6.20 Å². The van der Waals surface area contributed by atoms with Crippen LogP contribution in [-0.2, 0) is 11.2 Å². The van der Waals surface area contributed by atoms with Crippen LogP contribution in [0.15, 0.2) is 6.20 Å². The summed E-state index contributed by atoms with van der Waals surface area (Å²) in [7, 11) is 1.58. The number of carboxylic acids is 1. The van der Waals surface area contributed by atoms with Crippen LogP contribution in [0.25, 0.3) is 0 Å². The summed E-state index contributed by atoms with van der Waals surface area (Å²) in [6.07, 6.45) is 2.04. The molecular weight excluding hydrogens is 184 g/mol. The van der Waals surface area contributed by atoms with E-state index in [0.29, 0.717) is 24.4 Å². The van der Waals surface area contributed by atoms with Gasteiger partial charge in [-0.15, -0.1) is 0 Å². The highest BCUT2D eigenvalue weighted by molar-refractivity contribution is 5.86. The van der Waals surface area contributed by atoms with E-state index in [0.717, 1.165) is 0 Å². The van der Waals surface area contributed by atoms with Crippen LogP contribution >= 0.6 is 0 Å². The molecule has 0 fully saturated rings. The highest BCUT2D eigenvalue weighted by Gasteiger charge is 2.10. The molecule has 0 aliphatic heterocycles. The zero-order chi connectivity index (χ0) is 10.6. The molecule has 0 aliphatic carbocycles. The first-order chi connectivity index (χ1) is 6.65. The molecule has 14 heavy (non-hydrogen) atoms. The molecule has 1 aromatic heterocycles. The van der Waals surface area contributed by atoms with Crippen molar-refractivity contribution < 1.29 is 14.6 Å². The molecule has 0 atom stereocenters. The first-order valence-electron chi connectivity index (χ1n) is 4.20. The largest absolute Gasteiger partial charge is 0.477 e. The monoisotopic (exact) mass is 196 g/mol. The first kappa shape index (κ1) is 10.6. The molecule has 5 heteroatoms. The SMILES string of the molecule is COCCc1ncc(C)c(C(=O)O)n1. The lowest BCUT2D eigenvalue weighted by atomic mass is 10.2. The molecule has 5 nitrogen and oxygen atoms in total. The van der Waals surface area contributed by atoms with Gasteiger partial charge in [-0.2, -0.15) is 0 Å². The number of carboxylic acid groups (broad SMARTS) is 1. The van der Waals surface area contributed by atoms with Crippen molar-refractivity contribution in [3.63, 3.8) is 0 Å². The second-order valence-electron chi connectivity index (χ2n) is 2.87. The fraction of sp³-hybridized carbons (Fsp3) is 0.444. The van der Waals surface area contributed by atoms with Crippen LogP contribution in [0.2, 0.25) is 0 Å². The maximum atomic E-state index is 10.7. The standard InChI is InChI=1S/C9H12N2O3/c1-6-5-10-7(3-4-14-2)11-8(6)9(12)13/h5H,3-4H2,1-2H3,(H,12,13). The number of rotatable bonds is 4. The van der Waals surface area contributed by atoms with Gasteiger partial charge in [0.1, 0.15) is 5.82 Å². The molecule has 0 aliphatic rings. The molecule has 1 aromatic rings. The summed E-state index contributed by atoms with van der Waals surface area (Å²) in [5.41, 5.74) is 0.629. The van der Waals surface area contributed by atoms with Gasteiger partial charge in [-0.25, -0.2) is 14.8 Å². The van der Waals surface area contributed by atoms with Crippen LogP contribution in [0.5, 0.6) is 0 Å². The molecule has 1 rings (SSSR count). The number of carbonyl (C=O) groups is 1. The van der Waals surface area contributed by atoms with Gasteiger partial charge in [0.25, 0.3) is 0 Å². The van der Waals surface area contributed by atoms with Crippen LogP contribution in [0.1, 0.15) is 21.9 Å². The van der Waals surface area contributed by atoms with Crippen LogP contribution in [0.3, 0.4) is 0 Å². The molecule has 0 aromatic carbocycles. The normalized spacial score (nSPS) is 10.1. The Morgan fingerprint density at radius 2 is 2.36 bits per heavy atom. The number of hydrogen-bond donors (Lipinski definition) is 1. The topological polar surface area (TPSA) is 72.3 Å². The lowest BCUT2D eigenvalue weighted by Gasteiger charge is -2.02. The van der Waals surface area contributed by atoms with Crippen molar-refractivity contribution >= 4 is 5.97 Å². The maximum Gasteiger partial charge on any atom is 0.354 e. The average Bonchev–Trinajstić information content (AvgIpc) is 2.16. The maximum absolute atomic E-state index is 10.7. The highest BCUT2D eigenvalue weighted by atomic mass is 16.5. The van der Waals surface area contributed by atoms with E-state index in [-0.39, 0.29) is 5.69 Å². The number of methoxy groups -OCH3 is 1. The third-order valence-electron chi connectivity index (χ3n) is 1.75. The average molecular weight is 196 g/mol. The van der Waals surface area contributed by atoms with Crippen LogP contribution < -0.4 is 0 Å². The van der Waals surface area contributed by atoms with Crippen molar-refractivity contribution in [2.24, 2.45) is 0 Å². The number of nitrogens with zero attached hydrogens (tertiary/aromatic N) is 2. The van der Waals surface area contributed by atoms with Gasteiger partial charge < -0.3 is 9.84 Å². The van der Waals surface area contributed by atoms with E-state index in [1.807, 2.05) is 0 Å². The second-order valence-corrected chi connectivity index (χ2v) is 2.87. The van der Waals surface area contributed by atoms with Gasteiger partial charge in [-0.05, 0) is 6.92 Å². The summed E-state index contributed by atoms with van der Waals surface area (Å²) in [5.74, 6) is -0.529. The fourth-order valence-electron chi connectivity index (χ4n) is 1.01. The summed E-state index contributed by atoms with van der Waals surface area (Å²) in [6.45, 7) is 2.16. The summed E-state index contributed by atoms with van der Waals surface area (Å²) >= 11 is 0. The quantitative estimate of drug-likeness (QED) is 0.766. The van der Waals surface area contributed by atoms with Gasteiger partial charge in [-0.1, -0.05) is 0 Å². The van der Waals surface area contributed by atoms with Crippen molar-refractivity contribution in [2.75, 3.05) is 13.7 Å². The molecule has 0 radical (unpaired) electrons. The third kappa shape index (κ3) is 2.50. The van der Waals surface area contributed by atoms with Gasteiger partial charge >= 0.3 is 5.97 Å². The van der Waals surface area contributed by atoms with Crippen molar-refractivity contribution in [3.8, 4) is 0 Å². The lowest BCUT2D eigenvalue weighted by Crippen LogP contribution is -2.09. The zero-order valence-corrected chi connectivity index (χ0v) is 8.15. The summed E-state index contributed by atoms with van der Waals surface area (Å²) < 4.78 is 4.85. The Morgan fingerprint density at radius 3 is 2.93 bits per heavy atom. The van der Waals surface area contributed by atoms with Gasteiger partial charge in [0, 0.05) is 25.3 Å². The molecule has 0 spiro atoms. The van der Waals surface area contributed by atoms with Crippen LogP contribution in [0.4, 0.5) is 0 Å². The summed E-state index contributed by atoms with van der Waals surface area (Å²) in [6, 6.07) is 0. The molecule has 0 unspecified atom stereocenters. The molecule has 0 saturated heterocycles. The predicted octanol–water partition coefficient (Wildman–Crippen LogP) is 0.672. The molecule has 0 bridgehead atoms. The second kappa shape index (κ2) is 4.66. The molecule has 1 heterocycles. The van der Waals surface area contributed by atoms with Crippen LogP contribution in [-0.4, -0.2) is 34.8 Å². The highest BCUT2D eigenvalue weighted by Crippen LogP contribution is 2.04. The first-order valence-corrected chi connectivity index (χ1v) is 4.20. The Hall–Kier alpha value is -1.49. The van der Waals surface area contributed by atoms with Crippen molar-refractivity contribution in [1.29, 1.82) is 0 Å². The molecule has 0 saturated carbocycles. The Kier molecular flexibility index (Phi) is 3.53. The zero-order valence-electron chi connectivity index (χ0n) is 8.15. The van der Waals surface area contributed by atoms with Gasteiger partial charge in [0.2, 0.25) is 0 Å². The predicted molar refractivity (Wildman–Crippen MR) is 49.3 cm³/mol. The summed E-state index contributed by atoms with van der Waals surface area (Å²) in [5, 5.41) is 8.79. The summed E-state index contributed by atoms with van der Waals surface area (Å²) in [4.78, 5) is 18.6. The van der Waals surface area contributed by atoms with Crippen molar-refractivity contribution in [2.45, 2.75) is 13.3 Å². The third-order valence-corrected chi connectivity index (χ3v) is 1.75. The molecule has 0 amide bonds. The fourth-order valence-corrected chi connectivity index (χ4v) is 1.01. The van der Waals surface area contributed by atoms with Crippen LogP contribution in [0, 0.1) is 6.92 Å². The van der Waals surface area contributed by atoms with E-state index < -0.39 is 5.97 Å². The Bertz CT molecular complexity index is 339. The van der Waals surface area contributed by atoms with Gasteiger partial charge in [-0.3, -0.25) is 0 Å². The lowest BCUT2D eigenvalue weighted by molar-refractivity contribution is 0.0688. The Morgan fingerprint density at radius 1 is 1.64 bits per heavy atom. The van der Waals surface area contributed by atoms with Gasteiger partial charge in [0.15, 0.2) is 5.69 Å². The number of hydrogen-bond acceptors (Lipinski definition) is 4. The minimum atomic E-state index is -1.02. The van der Waals surface area contributed by atoms with E-state index in [4.69, 9.17) is 9.84 Å². The molecule has 1 N–H and O–H groups in total. The van der Waals surface area contributed by atoms with E-state index in [1.54, 1.807) is 14.0 Å². The van der Waals surface area contributed by atoms with E-state index in [9.17, 15) is 4.79 Å². The molecule has 76 valence electrons. The Labute approximate surface area is 81.8 Å². The minimum Gasteiger partial charge on any atom is -0.477 e. The Balaban J connectivity index is 2.89. The molecular formula is C9H12N2O3. The van der Waals surface area contributed by atoms with E-state index in [2.05, 4.69) is 9.97 Å². The number of aromatic nitrogens is 2. The van der Waals surface area contributed by atoms with E-state index >= 15 is 0 Å². The number of aromatic carboxylic acids is 1.